The minimum absolute atomic E-state index is 0.0374. The second kappa shape index (κ2) is 4.60. The van der Waals surface area contributed by atoms with Gasteiger partial charge < -0.3 is 14.9 Å². The number of carbonyl (C=O) groups excluding carboxylic acids is 1. The molecule has 0 fully saturated rings. The zero-order chi connectivity index (χ0) is 12.3. The summed E-state index contributed by atoms with van der Waals surface area (Å²) in [6.07, 6.45) is 1.13. The molecule has 0 aliphatic rings. The quantitative estimate of drug-likeness (QED) is 0.825. The van der Waals surface area contributed by atoms with Gasteiger partial charge in [0.2, 0.25) is 6.39 Å². The Bertz CT molecular complexity index is 528. The van der Waals surface area contributed by atoms with Gasteiger partial charge in [-0.25, -0.2) is 4.39 Å². The summed E-state index contributed by atoms with van der Waals surface area (Å²) in [6, 6.07) is 3.28. The smallest absolute Gasteiger partial charge is 0.254 e. The Morgan fingerprint density at radius 3 is 3.00 bits per heavy atom. The SMILES string of the molecule is O=C(NCc1ncon1)c1ccc(O)cc1F. The maximum absolute atomic E-state index is 13.3. The van der Waals surface area contributed by atoms with Crippen LogP contribution < -0.4 is 5.32 Å². The Hall–Kier alpha value is -2.44. The molecule has 0 aliphatic heterocycles. The highest BCUT2D eigenvalue weighted by Crippen LogP contribution is 2.14. The molecule has 0 bridgehead atoms. The first-order valence-electron chi connectivity index (χ1n) is 4.69. The van der Waals surface area contributed by atoms with Crippen LogP contribution in [-0.2, 0) is 6.54 Å². The van der Waals surface area contributed by atoms with Crippen LogP contribution in [-0.4, -0.2) is 21.2 Å². The fourth-order valence-electron chi connectivity index (χ4n) is 1.21. The van der Waals surface area contributed by atoms with Gasteiger partial charge in [-0.3, -0.25) is 4.79 Å². The fraction of sp³-hybridized carbons (Fsp3) is 0.100. The molecule has 2 rings (SSSR count). The van der Waals surface area contributed by atoms with E-state index < -0.39 is 11.7 Å². The number of phenolic OH excluding ortho intramolecular Hbond substituents is 1. The van der Waals surface area contributed by atoms with Gasteiger partial charge in [-0.05, 0) is 12.1 Å². The predicted molar refractivity (Wildman–Crippen MR) is 53.5 cm³/mol. The Kier molecular flexibility index (Phi) is 2.99. The van der Waals surface area contributed by atoms with Crippen LogP contribution in [0, 0.1) is 5.82 Å². The van der Waals surface area contributed by atoms with Gasteiger partial charge in [0, 0.05) is 6.07 Å². The van der Waals surface area contributed by atoms with Crippen molar-refractivity contribution in [1.82, 2.24) is 15.5 Å². The first-order chi connectivity index (χ1) is 8.16. The van der Waals surface area contributed by atoms with E-state index in [1.165, 1.54) is 12.1 Å². The molecule has 2 aromatic rings. The van der Waals surface area contributed by atoms with Crippen molar-refractivity contribution in [2.75, 3.05) is 0 Å². The van der Waals surface area contributed by atoms with Crippen LogP contribution in [0.1, 0.15) is 16.2 Å². The van der Waals surface area contributed by atoms with Crippen LogP contribution in [0.15, 0.2) is 29.1 Å². The van der Waals surface area contributed by atoms with E-state index >= 15 is 0 Å². The van der Waals surface area contributed by atoms with Crippen molar-refractivity contribution < 1.29 is 18.8 Å². The molecule has 0 spiro atoms. The molecule has 0 saturated carbocycles. The molecule has 0 atom stereocenters. The summed E-state index contributed by atoms with van der Waals surface area (Å²) < 4.78 is 17.8. The third-order valence-corrected chi connectivity index (χ3v) is 2.01. The number of nitrogens with one attached hydrogen (secondary N) is 1. The van der Waals surface area contributed by atoms with E-state index in [0.29, 0.717) is 0 Å². The minimum atomic E-state index is -0.796. The summed E-state index contributed by atoms with van der Waals surface area (Å²) in [5.41, 5.74) is -0.161. The van der Waals surface area contributed by atoms with E-state index in [-0.39, 0.29) is 23.7 Å². The van der Waals surface area contributed by atoms with Crippen molar-refractivity contribution in [1.29, 1.82) is 0 Å². The number of aromatic nitrogens is 2. The van der Waals surface area contributed by atoms with E-state index in [2.05, 4.69) is 20.0 Å². The number of benzene rings is 1. The maximum Gasteiger partial charge on any atom is 0.254 e. The van der Waals surface area contributed by atoms with E-state index in [9.17, 15) is 9.18 Å². The number of amides is 1. The van der Waals surface area contributed by atoms with Gasteiger partial charge in [0.25, 0.3) is 5.91 Å². The van der Waals surface area contributed by atoms with Crippen molar-refractivity contribution in [3.8, 4) is 5.75 Å². The van der Waals surface area contributed by atoms with Crippen molar-refractivity contribution in [3.63, 3.8) is 0 Å². The lowest BCUT2D eigenvalue weighted by Crippen LogP contribution is -2.24. The molecule has 2 N–H and O–H groups in total. The third kappa shape index (κ3) is 2.57. The lowest BCUT2D eigenvalue weighted by Gasteiger charge is -2.03. The van der Waals surface area contributed by atoms with Crippen LogP contribution in [0.3, 0.4) is 0 Å². The molecular formula is C10H8FN3O3. The van der Waals surface area contributed by atoms with Gasteiger partial charge in [-0.2, -0.15) is 4.98 Å². The third-order valence-electron chi connectivity index (χ3n) is 2.01. The van der Waals surface area contributed by atoms with E-state index in [1.54, 1.807) is 0 Å². The second-order valence-electron chi connectivity index (χ2n) is 3.19. The van der Waals surface area contributed by atoms with Gasteiger partial charge in [0.05, 0.1) is 12.1 Å². The number of nitrogens with zero attached hydrogens (tertiary/aromatic N) is 2. The molecule has 88 valence electrons. The molecule has 0 radical (unpaired) electrons. The number of halogens is 1. The lowest BCUT2D eigenvalue weighted by molar-refractivity contribution is 0.0945. The van der Waals surface area contributed by atoms with Crippen LogP contribution >= 0.6 is 0 Å². The topological polar surface area (TPSA) is 88.3 Å². The van der Waals surface area contributed by atoms with Crippen LogP contribution in [0.5, 0.6) is 5.75 Å². The lowest BCUT2D eigenvalue weighted by atomic mass is 10.2. The molecule has 0 unspecified atom stereocenters. The molecule has 1 heterocycles. The number of phenols is 1. The molecule has 0 saturated heterocycles. The molecule has 1 aromatic heterocycles. The normalized spacial score (nSPS) is 10.2. The first-order valence-corrected chi connectivity index (χ1v) is 4.69. The summed E-state index contributed by atoms with van der Waals surface area (Å²) in [4.78, 5) is 15.2. The molecule has 17 heavy (non-hydrogen) atoms. The summed E-state index contributed by atoms with van der Waals surface area (Å²) in [6.45, 7) is 0.0374. The summed E-state index contributed by atoms with van der Waals surface area (Å²) >= 11 is 0. The first kappa shape index (κ1) is 11.1. The Morgan fingerprint density at radius 2 is 2.35 bits per heavy atom. The second-order valence-corrected chi connectivity index (χ2v) is 3.19. The molecule has 7 heteroatoms. The minimum Gasteiger partial charge on any atom is -0.508 e. The monoisotopic (exact) mass is 237 g/mol. The highest BCUT2D eigenvalue weighted by atomic mass is 19.1. The van der Waals surface area contributed by atoms with Crippen molar-refractivity contribution in [2.24, 2.45) is 0 Å². The van der Waals surface area contributed by atoms with Gasteiger partial charge in [-0.1, -0.05) is 5.16 Å². The van der Waals surface area contributed by atoms with Gasteiger partial charge in [-0.15, -0.1) is 0 Å². The number of carbonyl (C=O) groups is 1. The number of hydrogen-bond acceptors (Lipinski definition) is 5. The molecule has 1 amide bonds. The number of hydrogen-bond donors (Lipinski definition) is 2. The highest BCUT2D eigenvalue weighted by Gasteiger charge is 2.12. The van der Waals surface area contributed by atoms with E-state index in [1.807, 2.05) is 0 Å². The van der Waals surface area contributed by atoms with Crippen molar-refractivity contribution in [2.45, 2.75) is 6.54 Å². The molecule has 6 nitrogen and oxygen atoms in total. The predicted octanol–water partition coefficient (Wildman–Crippen LogP) is 0.844. The molecular weight excluding hydrogens is 229 g/mol. The van der Waals surface area contributed by atoms with Crippen molar-refractivity contribution in [3.05, 3.63) is 41.8 Å². The largest absolute Gasteiger partial charge is 0.508 e. The Labute approximate surface area is 95.1 Å². The molecule has 0 aliphatic carbocycles. The van der Waals surface area contributed by atoms with Gasteiger partial charge in [0.15, 0.2) is 5.82 Å². The van der Waals surface area contributed by atoms with Crippen LogP contribution in [0.2, 0.25) is 0 Å². The Morgan fingerprint density at radius 1 is 1.53 bits per heavy atom. The maximum atomic E-state index is 13.3. The van der Waals surface area contributed by atoms with E-state index in [0.717, 1.165) is 12.5 Å². The van der Waals surface area contributed by atoms with E-state index in [4.69, 9.17) is 5.11 Å². The zero-order valence-electron chi connectivity index (χ0n) is 8.55. The standard InChI is InChI=1S/C10H8FN3O3/c11-8-3-6(15)1-2-7(8)10(16)12-4-9-13-5-17-14-9/h1-3,5,15H,4H2,(H,12,16). The average Bonchev–Trinajstić information content (AvgIpc) is 2.78. The highest BCUT2D eigenvalue weighted by molar-refractivity contribution is 5.94. The number of aromatic hydroxyl groups is 1. The Balaban J connectivity index is 2.04. The summed E-state index contributed by atoms with van der Waals surface area (Å²) in [7, 11) is 0. The summed E-state index contributed by atoms with van der Waals surface area (Å²) in [5, 5.41) is 14.9. The summed E-state index contributed by atoms with van der Waals surface area (Å²) in [5.74, 6) is -1.36. The van der Waals surface area contributed by atoms with Crippen LogP contribution in [0.4, 0.5) is 4.39 Å². The molecule has 1 aromatic carbocycles. The fourth-order valence-corrected chi connectivity index (χ4v) is 1.21. The van der Waals surface area contributed by atoms with Crippen molar-refractivity contribution >= 4 is 5.91 Å². The van der Waals surface area contributed by atoms with Crippen LogP contribution in [0.25, 0.3) is 0 Å². The number of rotatable bonds is 3. The van der Waals surface area contributed by atoms with Gasteiger partial charge >= 0.3 is 0 Å². The average molecular weight is 237 g/mol. The van der Waals surface area contributed by atoms with Gasteiger partial charge in [0.1, 0.15) is 11.6 Å². The zero-order valence-corrected chi connectivity index (χ0v) is 8.55.